The maximum atomic E-state index is 12.1. The van der Waals surface area contributed by atoms with Crippen LogP contribution in [0.2, 0.25) is 0 Å². The van der Waals surface area contributed by atoms with Gasteiger partial charge in [-0.25, -0.2) is 0 Å². The summed E-state index contributed by atoms with van der Waals surface area (Å²) in [5, 5.41) is 3.42. The van der Waals surface area contributed by atoms with E-state index < -0.39 is 0 Å². The molecule has 1 N–H and O–H groups in total. The zero-order valence-electron chi connectivity index (χ0n) is 11.4. The molecule has 0 spiro atoms. The Labute approximate surface area is 105 Å². The Balaban J connectivity index is 1.87. The molecular weight excluding hydrogens is 212 g/mol. The molecule has 0 aromatic heterocycles. The summed E-state index contributed by atoms with van der Waals surface area (Å²) < 4.78 is 0. The minimum atomic E-state index is 0.0140. The summed E-state index contributed by atoms with van der Waals surface area (Å²) in [6.07, 6.45) is 6.69. The van der Waals surface area contributed by atoms with E-state index in [4.69, 9.17) is 0 Å². The maximum Gasteiger partial charge on any atom is 0.240 e. The minimum Gasteiger partial charge on any atom is -0.326 e. The van der Waals surface area contributed by atoms with Crippen LogP contribution in [0.5, 0.6) is 0 Å². The van der Waals surface area contributed by atoms with Gasteiger partial charge >= 0.3 is 0 Å². The van der Waals surface area contributed by atoms with Gasteiger partial charge in [-0.1, -0.05) is 33.1 Å². The third kappa shape index (κ3) is 3.01. The van der Waals surface area contributed by atoms with Crippen molar-refractivity contribution in [2.75, 3.05) is 6.54 Å². The van der Waals surface area contributed by atoms with Crippen molar-refractivity contribution in [2.24, 2.45) is 11.8 Å². The second-order valence-electron chi connectivity index (χ2n) is 6.15. The Morgan fingerprint density at radius 1 is 1.41 bits per heavy atom. The number of nitrogens with zero attached hydrogens (tertiary/aromatic N) is 1. The first-order chi connectivity index (χ1) is 8.08. The van der Waals surface area contributed by atoms with Gasteiger partial charge < -0.3 is 4.90 Å². The van der Waals surface area contributed by atoms with E-state index in [9.17, 15) is 4.79 Å². The highest BCUT2D eigenvalue weighted by molar-refractivity contribution is 5.83. The molecule has 2 aliphatic rings. The molecule has 1 saturated carbocycles. The van der Waals surface area contributed by atoms with E-state index in [0.717, 1.165) is 18.9 Å². The average molecular weight is 238 g/mol. The number of rotatable bonds is 5. The van der Waals surface area contributed by atoms with Crippen molar-refractivity contribution >= 4 is 5.91 Å². The predicted molar refractivity (Wildman–Crippen MR) is 69.5 cm³/mol. The monoisotopic (exact) mass is 238 g/mol. The standard InChI is InChI=1S/C14H26N2O/c1-10(2)9-13-15-11(3)14(17)16(13)8-7-12-5-4-6-12/h10-13,15H,4-9H2,1-3H3. The number of carbonyl (C=O) groups excluding carboxylic acids is 1. The summed E-state index contributed by atoms with van der Waals surface area (Å²) in [5.74, 6) is 1.82. The number of hydrogen-bond acceptors (Lipinski definition) is 2. The van der Waals surface area contributed by atoms with E-state index in [1.54, 1.807) is 0 Å². The summed E-state index contributed by atoms with van der Waals surface area (Å²) >= 11 is 0. The first kappa shape index (κ1) is 12.9. The largest absolute Gasteiger partial charge is 0.326 e. The molecule has 98 valence electrons. The minimum absolute atomic E-state index is 0.0140. The second kappa shape index (κ2) is 5.38. The Hall–Kier alpha value is -0.570. The predicted octanol–water partition coefficient (Wildman–Crippen LogP) is 2.37. The van der Waals surface area contributed by atoms with Gasteiger partial charge in [-0.05, 0) is 31.6 Å². The number of amides is 1. The van der Waals surface area contributed by atoms with E-state index in [1.165, 1.54) is 25.7 Å². The Morgan fingerprint density at radius 3 is 2.65 bits per heavy atom. The quantitative estimate of drug-likeness (QED) is 0.797. The lowest BCUT2D eigenvalue weighted by atomic mass is 9.83. The zero-order valence-corrected chi connectivity index (χ0v) is 11.4. The first-order valence-corrected chi connectivity index (χ1v) is 7.14. The van der Waals surface area contributed by atoms with Crippen LogP contribution in [-0.4, -0.2) is 29.6 Å². The fourth-order valence-electron chi connectivity index (χ4n) is 2.86. The molecule has 2 fully saturated rings. The van der Waals surface area contributed by atoms with Gasteiger partial charge in [-0.15, -0.1) is 0 Å². The van der Waals surface area contributed by atoms with Gasteiger partial charge in [-0.3, -0.25) is 10.1 Å². The molecule has 0 aromatic rings. The highest BCUT2D eigenvalue weighted by atomic mass is 16.2. The van der Waals surface area contributed by atoms with Crippen LogP contribution in [0.4, 0.5) is 0 Å². The lowest BCUT2D eigenvalue weighted by Gasteiger charge is -2.30. The van der Waals surface area contributed by atoms with E-state index in [1.807, 2.05) is 6.92 Å². The van der Waals surface area contributed by atoms with Crippen molar-refractivity contribution in [1.82, 2.24) is 10.2 Å². The van der Waals surface area contributed by atoms with Gasteiger partial charge in [-0.2, -0.15) is 0 Å². The summed E-state index contributed by atoms with van der Waals surface area (Å²) in [7, 11) is 0. The smallest absolute Gasteiger partial charge is 0.240 e. The molecule has 1 aliphatic heterocycles. The van der Waals surface area contributed by atoms with Crippen molar-refractivity contribution in [3.05, 3.63) is 0 Å². The molecule has 1 saturated heterocycles. The summed E-state index contributed by atoms with van der Waals surface area (Å²) in [5.41, 5.74) is 0. The van der Waals surface area contributed by atoms with Crippen molar-refractivity contribution < 1.29 is 4.79 Å². The van der Waals surface area contributed by atoms with Gasteiger partial charge in [0.1, 0.15) is 0 Å². The highest BCUT2D eigenvalue weighted by Crippen LogP contribution is 2.30. The molecule has 2 rings (SSSR count). The van der Waals surface area contributed by atoms with Crippen molar-refractivity contribution in [1.29, 1.82) is 0 Å². The molecule has 17 heavy (non-hydrogen) atoms. The van der Waals surface area contributed by atoms with Crippen LogP contribution in [0.15, 0.2) is 0 Å². The van der Waals surface area contributed by atoms with Crippen LogP contribution < -0.4 is 5.32 Å². The van der Waals surface area contributed by atoms with Crippen LogP contribution in [0.1, 0.15) is 52.9 Å². The molecular formula is C14H26N2O. The molecule has 1 heterocycles. The number of carbonyl (C=O) groups is 1. The molecule has 1 aliphatic carbocycles. The van der Waals surface area contributed by atoms with Crippen molar-refractivity contribution in [3.63, 3.8) is 0 Å². The van der Waals surface area contributed by atoms with Crippen molar-refractivity contribution in [2.45, 2.75) is 65.1 Å². The molecule has 2 atom stereocenters. The summed E-state index contributed by atoms with van der Waals surface area (Å²) in [6, 6.07) is 0.0140. The molecule has 3 nitrogen and oxygen atoms in total. The van der Waals surface area contributed by atoms with Gasteiger partial charge in [0.15, 0.2) is 0 Å². The SMILES string of the molecule is CC(C)CC1NC(C)C(=O)N1CCC1CCC1. The molecule has 3 heteroatoms. The van der Waals surface area contributed by atoms with Crippen LogP contribution in [0, 0.1) is 11.8 Å². The van der Waals surface area contributed by atoms with Gasteiger partial charge in [0.05, 0.1) is 12.2 Å². The van der Waals surface area contributed by atoms with Crippen LogP contribution in [0.3, 0.4) is 0 Å². The number of nitrogens with one attached hydrogen (secondary N) is 1. The van der Waals surface area contributed by atoms with E-state index in [2.05, 4.69) is 24.1 Å². The Bertz CT molecular complexity index is 273. The molecule has 1 amide bonds. The van der Waals surface area contributed by atoms with Gasteiger partial charge in [0.25, 0.3) is 0 Å². The molecule has 0 radical (unpaired) electrons. The molecule has 0 aromatic carbocycles. The topological polar surface area (TPSA) is 32.3 Å². The maximum absolute atomic E-state index is 12.1. The van der Waals surface area contributed by atoms with Crippen LogP contribution >= 0.6 is 0 Å². The fraction of sp³-hybridized carbons (Fsp3) is 0.929. The van der Waals surface area contributed by atoms with Crippen molar-refractivity contribution in [3.8, 4) is 0 Å². The number of hydrogen-bond donors (Lipinski definition) is 1. The lowest BCUT2D eigenvalue weighted by molar-refractivity contribution is -0.130. The Morgan fingerprint density at radius 2 is 2.12 bits per heavy atom. The molecule has 0 bridgehead atoms. The third-order valence-electron chi connectivity index (χ3n) is 4.17. The molecule has 2 unspecified atom stereocenters. The van der Waals surface area contributed by atoms with E-state index >= 15 is 0 Å². The fourth-order valence-corrected chi connectivity index (χ4v) is 2.86. The van der Waals surface area contributed by atoms with Crippen LogP contribution in [0.25, 0.3) is 0 Å². The van der Waals surface area contributed by atoms with Crippen LogP contribution in [-0.2, 0) is 4.79 Å². The summed E-state index contributed by atoms with van der Waals surface area (Å²) in [6.45, 7) is 7.38. The second-order valence-corrected chi connectivity index (χ2v) is 6.15. The highest BCUT2D eigenvalue weighted by Gasteiger charge is 2.36. The van der Waals surface area contributed by atoms with E-state index in [-0.39, 0.29) is 12.2 Å². The normalized spacial score (nSPS) is 30.1. The first-order valence-electron chi connectivity index (χ1n) is 7.14. The lowest BCUT2D eigenvalue weighted by Crippen LogP contribution is -2.39. The van der Waals surface area contributed by atoms with Gasteiger partial charge in [0.2, 0.25) is 5.91 Å². The Kier molecular flexibility index (Phi) is 4.08. The zero-order chi connectivity index (χ0) is 12.4. The van der Waals surface area contributed by atoms with E-state index in [0.29, 0.717) is 11.8 Å². The average Bonchev–Trinajstić information content (AvgIpc) is 2.42. The summed E-state index contributed by atoms with van der Waals surface area (Å²) in [4.78, 5) is 14.2. The van der Waals surface area contributed by atoms with Gasteiger partial charge in [0, 0.05) is 6.54 Å². The third-order valence-corrected chi connectivity index (χ3v) is 4.17.